The van der Waals surface area contributed by atoms with E-state index in [-0.39, 0.29) is 0 Å². The van der Waals surface area contributed by atoms with Crippen molar-refractivity contribution in [3.05, 3.63) is 28.7 Å². The predicted octanol–water partition coefficient (Wildman–Crippen LogP) is 2.43. The molecule has 0 aliphatic rings. The van der Waals surface area contributed by atoms with Crippen LogP contribution in [-0.4, -0.2) is 17.3 Å². The molecule has 78 valence electrons. The van der Waals surface area contributed by atoms with E-state index >= 15 is 0 Å². The van der Waals surface area contributed by atoms with Crippen molar-refractivity contribution in [3.63, 3.8) is 0 Å². The van der Waals surface area contributed by atoms with E-state index in [0.717, 1.165) is 21.5 Å². The summed E-state index contributed by atoms with van der Waals surface area (Å²) in [4.78, 5) is 0. The summed E-state index contributed by atoms with van der Waals surface area (Å²) in [5.41, 5.74) is 7.38. The van der Waals surface area contributed by atoms with Gasteiger partial charge in [0.2, 0.25) is 0 Å². The zero-order valence-electron chi connectivity index (χ0n) is 8.12. The number of aromatic amines is 1. The number of halogens is 1. The number of rotatable bonds is 2. The summed E-state index contributed by atoms with van der Waals surface area (Å²) >= 11 is 3.46. The van der Waals surface area contributed by atoms with E-state index in [1.165, 1.54) is 0 Å². The Labute approximate surface area is 95.6 Å². The molecule has 1 heterocycles. The molecule has 0 aliphatic carbocycles. The minimum atomic E-state index is 0.472. The number of ether oxygens (including phenoxy) is 1. The molecule has 0 saturated carbocycles. The smallest absolute Gasteiger partial charge is 0.145 e. The quantitative estimate of drug-likeness (QED) is 0.879. The summed E-state index contributed by atoms with van der Waals surface area (Å²) in [5, 5.41) is 6.73. The topological polar surface area (TPSA) is 63.9 Å². The standard InChI is InChI=1S/C10H10BrN3O/c1-15-6-2-3-8(11)7(4-6)9-5-10(12)14-13-9/h2-5H,1H3,(H3,12,13,14). The number of anilines is 1. The molecule has 0 fully saturated rings. The molecule has 0 unspecified atom stereocenters. The first-order valence-corrected chi connectivity index (χ1v) is 5.15. The van der Waals surface area contributed by atoms with Crippen molar-refractivity contribution in [2.75, 3.05) is 12.8 Å². The lowest BCUT2D eigenvalue weighted by Crippen LogP contribution is -1.85. The molecule has 15 heavy (non-hydrogen) atoms. The number of hydrogen-bond donors (Lipinski definition) is 2. The van der Waals surface area contributed by atoms with Crippen LogP contribution in [0.1, 0.15) is 0 Å². The molecular weight excluding hydrogens is 258 g/mol. The van der Waals surface area contributed by atoms with Crippen LogP contribution in [0.3, 0.4) is 0 Å². The maximum absolute atomic E-state index is 5.55. The normalized spacial score (nSPS) is 10.3. The van der Waals surface area contributed by atoms with Crippen molar-refractivity contribution in [3.8, 4) is 17.0 Å². The highest BCUT2D eigenvalue weighted by Crippen LogP contribution is 2.30. The minimum absolute atomic E-state index is 0.472. The molecule has 1 aromatic heterocycles. The van der Waals surface area contributed by atoms with Crippen molar-refractivity contribution >= 4 is 21.7 Å². The highest BCUT2D eigenvalue weighted by Gasteiger charge is 2.07. The highest BCUT2D eigenvalue weighted by molar-refractivity contribution is 9.10. The molecule has 0 spiro atoms. The van der Waals surface area contributed by atoms with Crippen LogP contribution in [0.25, 0.3) is 11.3 Å². The van der Waals surface area contributed by atoms with Crippen molar-refractivity contribution in [1.82, 2.24) is 10.2 Å². The van der Waals surface area contributed by atoms with Crippen LogP contribution in [0.4, 0.5) is 5.82 Å². The molecule has 3 N–H and O–H groups in total. The van der Waals surface area contributed by atoms with Gasteiger partial charge in [-0.1, -0.05) is 15.9 Å². The highest BCUT2D eigenvalue weighted by atomic mass is 79.9. The van der Waals surface area contributed by atoms with Gasteiger partial charge in [-0.05, 0) is 18.2 Å². The van der Waals surface area contributed by atoms with E-state index in [4.69, 9.17) is 10.5 Å². The molecule has 2 rings (SSSR count). The van der Waals surface area contributed by atoms with Crippen LogP contribution in [0.5, 0.6) is 5.75 Å². The molecule has 4 nitrogen and oxygen atoms in total. The van der Waals surface area contributed by atoms with E-state index in [1.54, 1.807) is 13.2 Å². The molecule has 0 radical (unpaired) electrons. The molecule has 5 heteroatoms. The summed E-state index contributed by atoms with van der Waals surface area (Å²) in [6.45, 7) is 0. The number of hydrogen-bond acceptors (Lipinski definition) is 3. The molecule has 0 atom stereocenters. The summed E-state index contributed by atoms with van der Waals surface area (Å²) < 4.78 is 6.12. The van der Waals surface area contributed by atoms with Gasteiger partial charge >= 0.3 is 0 Å². The van der Waals surface area contributed by atoms with Gasteiger partial charge in [-0.3, -0.25) is 5.10 Å². The summed E-state index contributed by atoms with van der Waals surface area (Å²) in [5.74, 6) is 1.26. The lowest BCUT2D eigenvalue weighted by molar-refractivity contribution is 0.415. The summed E-state index contributed by atoms with van der Waals surface area (Å²) in [6, 6.07) is 7.50. The zero-order valence-corrected chi connectivity index (χ0v) is 9.71. The second-order valence-electron chi connectivity index (χ2n) is 3.05. The molecule has 0 aliphatic heterocycles. The molecule has 0 bridgehead atoms. The van der Waals surface area contributed by atoms with Crippen LogP contribution in [0.2, 0.25) is 0 Å². The van der Waals surface area contributed by atoms with Gasteiger partial charge in [0.15, 0.2) is 0 Å². The Morgan fingerprint density at radius 1 is 1.40 bits per heavy atom. The summed E-state index contributed by atoms with van der Waals surface area (Å²) in [7, 11) is 1.63. The van der Waals surface area contributed by atoms with Crippen LogP contribution in [0, 0.1) is 0 Å². The van der Waals surface area contributed by atoms with E-state index in [2.05, 4.69) is 26.1 Å². The van der Waals surface area contributed by atoms with Crippen molar-refractivity contribution in [2.45, 2.75) is 0 Å². The number of aromatic nitrogens is 2. The average molecular weight is 268 g/mol. The first kappa shape index (κ1) is 10.0. The van der Waals surface area contributed by atoms with Crippen molar-refractivity contribution in [1.29, 1.82) is 0 Å². The molecule has 2 aromatic rings. The number of methoxy groups -OCH3 is 1. The van der Waals surface area contributed by atoms with E-state index in [9.17, 15) is 0 Å². The SMILES string of the molecule is COc1ccc(Br)c(-c2cc(N)n[nH]2)c1. The van der Waals surface area contributed by atoms with Gasteiger partial charge < -0.3 is 10.5 Å². The van der Waals surface area contributed by atoms with Gasteiger partial charge in [-0.25, -0.2) is 0 Å². The lowest BCUT2D eigenvalue weighted by atomic mass is 10.1. The first-order valence-electron chi connectivity index (χ1n) is 4.35. The minimum Gasteiger partial charge on any atom is -0.497 e. The third kappa shape index (κ3) is 1.97. The summed E-state index contributed by atoms with van der Waals surface area (Å²) in [6.07, 6.45) is 0. The number of nitrogens with one attached hydrogen (secondary N) is 1. The van der Waals surface area contributed by atoms with Crippen LogP contribution < -0.4 is 10.5 Å². The number of nitrogen functional groups attached to an aromatic ring is 1. The average Bonchev–Trinajstić information content (AvgIpc) is 2.65. The largest absolute Gasteiger partial charge is 0.497 e. The Hall–Kier alpha value is -1.49. The first-order chi connectivity index (χ1) is 7.20. The fourth-order valence-corrected chi connectivity index (χ4v) is 1.77. The van der Waals surface area contributed by atoms with E-state index < -0.39 is 0 Å². The van der Waals surface area contributed by atoms with Gasteiger partial charge in [0.05, 0.1) is 12.8 Å². The Kier molecular flexibility index (Phi) is 2.64. The number of benzene rings is 1. The Morgan fingerprint density at radius 2 is 2.20 bits per heavy atom. The van der Waals surface area contributed by atoms with E-state index in [0.29, 0.717) is 5.82 Å². The zero-order chi connectivity index (χ0) is 10.8. The van der Waals surface area contributed by atoms with Crippen LogP contribution in [0.15, 0.2) is 28.7 Å². The van der Waals surface area contributed by atoms with Crippen LogP contribution in [-0.2, 0) is 0 Å². The fourth-order valence-electron chi connectivity index (χ4n) is 1.31. The van der Waals surface area contributed by atoms with Gasteiger partial charge in [0.25, 0.3) is 0 Å². The monoisotopic (exact) mass is 267 g/mol. The second kappa shape index (κ2) is 3.94. The maximum Gasteiger partial charge on any atom is 0.145 e. The molecule has 1 aromatic carbocycles. The van der Waals surface area contributed by atoms with Gasteiger partial charge in [0, 0.05) is 16.1 Å². The van der Waals surface area contributed by atoms with E-state index in [1.807, 2.05) is 18.2 Å². The number of nitrogens with two attached hydrogens (primary N) is 1. The molecule has 0 amide bonds. The maximum atomic E-state index is 5.55. The van der Waals surface area contributed by atoms with Crippen molar-refractivity contribution in [2.24, 2.45) is 0 Å². The third-order valence-electron chi connectivity index (χ3n) is 2.06. The van der Waals surface area contributed by atoms with Crippen LogP contribution >= 0.6 is 15.9 Å². The van der Waals surface area contributed by atoms with Gasteiger partial charge in [-0.15, -0.1) is 0 Å². The lowest BCUT2D eigenvalue weighted by Gasteiger charge is -2.04. The van der Waals surface area contributed by atoms with Crippen molar-refractivity contribution < 1.29 is 4.74 Å². The fraction of sp³-hybridized carbons (Fsp3) is 0.100. The third-order valence-corrected chi connectivity index (χ3v) is 2.75. The van der Waals surface area contributed by atoms with Gasteiger partial charge in [0.1, 0.15) is 11.6 Å². The predicted molar refractivity (Wildman–Crippen MR) is 62.7 cm³/mol. The molecule has 0 saturated heterocycles. The second-order valence-corrected chi connectivity index (χ2v) is 3.91. The Bertz CT molecular complexity index is 481. The number of nitrogens with zero attached hydrogens (tertiary/aromatic N) is 1. The van der Waals surface area contributed by atoms with Gasteiger partial charge in [-0.2, -0.15) is 5.10 Å². The Morgan fingerprint density at radius 3 is 2.80 bits per heavy atom. The molecular formula is C10H10BrN3O. The Balaban J connectivity index is 2.51. The number of H-pyrrole nitrogens is 1.